The van der Waals surface area contributed by atoms with Crippen LogP contribution in [0.1, 0.15) is 5.56 Å². The van der Waals surface area contributed by atoms with Crippen LogP contribution >= 0.6 is 11.3 Å². The van der Waals surface area contributed by atoms with E-state index in [1.165, 1.54) is 16.9 Å². The monoisotopic (exact) mass is 288 g/mol. The van der Waals surface area contributed by atoms with E-state index in [1.807, 2.05) is 0 Å². The summed E-state index contributed by atoms with van der Waals surface area (Å²) in [6.45, 7) is 4.63. The number of anilines is 2. The molecule has 2 aromatic rings. The highest BCUT2D eigenvalue weighted by atomic mass is 32.1. The van der Waals surface area contributed by atoms with Gasteiger partial charge in [-0.15, -0.1) is 0 Å². The highest BCUT2D eigenvalue weighted by Gasteiger charge is 2.10. The molecule has 0 radical (unpaired) electrons. The zero-order chi connectivity index (χ0) is 13.6. The number of ether oxygens (including phenoxy) is 1. The van der Waals surface area contributed by atoms with Crippen LogP contribution in [0.2, 0.25) is 0 Å². The molecule has 0 spiro atoms. The Labute approximate surface area is 124 Å². The van der Waals surface area contributed by atoms with Crippen LogP contribution in [0, 0.1) is 0 Å². The Morgan fingerprint density at radius 1 is 1.10 bits per heavy atom. The highest BCUT2D eigenvalue weighted by Crippen LogP contribution is 2.19. The number of rotatable bonds is 5. The third kappa shape index (κ3) is 3.52. The van der Waals surface area contributed by atoms with Crippen molar-refractivity contribution in [1.29, 1.82) is 0 Å². The van der Waals surface area contributed by atoms with Gasteiger partial charge in [-0.1, -0.05) is 0 Å². The molecule has 1 aromatic carbocycles. The average Bonchev–Trinajstić information content (AvgIpc) is 3.02. The van der Waals surface area contributed by atoms with Crippen LogP contribution < -0.4 is 10.2 Å². The number of benzene rings is 1. The summed E-state index contributed by atoms with van der Waals surface area (Å²) < 4.78 is 5.38. The van der Waals surface area contributed by atoms with Crippen molar-refractivity contribution in [3.63, 3.8) is 0 Å². The van der Waals surface area contributed by atoms with Gasteiger partial charge >= 0.3 is 0 Å². The van der Waals surface area contributed by atoms with Crippen molar-refractivity contribution in [2.75, 3.05) is 43.1 Å². The van der Waals surface area contributed by atoms with E-state index in [0.29, 0.717) is 0 Å². The van der Waals surface area contributed by atoms with E-state index in [1.54, 1.807) is 11.3 Å². The molecule has 3 rings (SSSR count). The summed E-state index contributed by atoms with van der Waals surface area (Å²) in [5.41, 5.74) is 3.89. The first-order valence-electron chi connectivity index (χ1n) is 7.09. The summed E-state index contributed by atoms with van der Waals surface area (Å²) in [5, 5.41) is 7.82. The summed E-state index contributed by atoms with van der Waals surface area (Å²) in [6, 6.07) is 10.9. The van der Waals surface area contributed by atoms with Crippen molar-refractivity contribution in [1.82, 2.24) is 0 Å². The summed E-state index contributed by atoms with van der Waals surface area (Å²) >= 11 is 1.76. The lowest BCUT2D eigenvalue weighted by Gasteiger charge is -2.28. The van der Waals surface area contributed by atoms with Gasteiger partial charge in [-0.05, 0) is 53.1 Å². The maximum atomic E-state index is 5.38. The maximum absolute atomic E-state index is 5.38. The second kappa shape index (κ2) is 6.77. The zero-order valence-electron chi connectivity index (χ0n) is 11.5. The molecule has 1 saturated heterocycles. The van der Waals surface area contributed by atoms with Gasteiger partial charge in [-0.3, -0.25) is 0 Å². The van der Waals surface area contributed by atoms with Gasteiger partial charge < -0.3 is 15.0 Å². The average molecular weight is 288 g/mol. The molecule has 0 bridgehead atoms. The second-order valence-electron chi connectivity index (χ2n) is 4.95. The third-order valence-corrected chi connectivity index (χ3v) is 4.30. The van der Waals surface area contributed by atoms with E-state index in [2.05, 4.69) is 51.3 Å². The van der Waals surface area contributed by atoms with E-state index in [4.69, 9.17) is 4.74 Å². The minimum absolute atomic E-state index is 0.834. The molecule has 1 aliphatic heterocycles. The molecular formula is C16H20N2OS. The minimum atomic E-state index is 0.834. The summed E-state index contributed by atoms with van der Waals surface area (Å²) in [7, 11) is 0. The number of hydrogen-bond donors (Lipinski definition) is 1. The fraction of sp³-hybridized carbons (Fsp3) is 0.375. The van der Waals surface area contributed by atoms with Crippen LogP contribution in [0.25, 0.3) is 0 Å². The maximum Gasteiger partial charge on any atom is 0.0642 e. The van der Waals surface area contributed by atoms with Gasteiger partial charge in [0.05, 0.1) is 13.2 Å². The third-order valence-electron chi connectivity index (χ3n) is 3.57. The van der Waals surface area contributed by atoms with Gasteiger partial charge in [-0.2, -0.15) is 11.3 Å². The smallest absolute Gasteiger partial charge is 0.0642 e. The lowest BCUT2D eigenvalue weighted by atomic mass is 10.2. The largest absolute Gasteiger partial charge is 0.385 e. The first-order valence-corrected chi connectivity index (χ1v) is 8.04. The Morgan fingerprint density at radius 2 is 1.90 bits per heavy atom. The molecule has 1 aromatic heterocycles. The predicted molar refractivity (Wildman–Crippen MR) is 86.0 cm³/mol. The van der Waals surface area contributed by atoms with Gasteiger partial charge in [-0.25, -0.2) is 0 Å². The van der Waals surface area contributed by atoms with Crippen molar-refractivity contribution in [2.24, 2.45) is 0 Å². The Bertz CT molecular complexity index is 504. The second-order valence-corrected chi connectivity index (χ2v) is 5.73. The Hall–Kier alpha value is -1.52. The van der Waals surface area contributed by atoms with Gasteiger partial charge in [0.25, 0.3) is 0 Å². The van der Waals surface area contributed by atoms with Crippen LogP contribution in [0.3, 0.4) is 0 Å². The molecule has 106 valence electrons. The molecule has 1 N–H and O–H groups in total. The molecule has 3 nitrogen and oxygen atoms in total. The van der Waals surface area contributed by atoms with Crippen molar-refractivity contribution < 1.29 is 4.74 Å². The first kappa shape index (κ1) is 13.5. The molecule has 4 heteroatoms. The fourth-order valence-electron chi connectivity index (χ4n) is 2.40. The van der Waals surface area contributed by atoms with E-state index in [9.17, 15) is 0 Å². The normalized spacial score (nSPS) is 15.3. The molecule has 0 unspecified atom stereocenters. The predicted octanol–water partition coefficient (Wildman–Crippen LogP) is 3.24. The topological polar surface area (TPSA) is 24.5 Å². The quantitative estimate of drug-likeness (QED) is 0.914. The molecule has 0 amide bonds. The van der Waals surface area contributed by atoms with Crippen molar-refractivity contribution >= 4 is 22.7 Å². The molecule has 2 heterocycles. The molecule has 0 atom stereocenters. The Balaban J connectivity index is 1.50. The fourth-order valence-corrected chi connectivity index (χ4v) is 3.10. The lowest BCUT2D eigenvalue weighted by molar-refractivity contribution is 0.122. The van der Waals surface area contributed by atoms with Crippen LogP contribution in [0.4, 0.5) is 11.4 Å². The summed E-state index contributed by atoms with van der Waals surface area (Å²) in [4.78, 5) is 2.37. The molecule has 1 fully saturated rings. The van der Waals surface area contributed by atoms with Crippen LogP contribution in [-0.4, -0.2) is 32.8 Å². The number of thiophene rings is 1. The Morgan fingerprint density at radius 3 is 2.60 bits per heavy atom. The van der Waals surface area contributed by atoms with Crippen LogP contribution in [0.5, 0.6) is 0 Å². The SMILES string of the molecule is c1cc(CCNc2ccc(N3CCOCC3)cc2)cs1. The standard InChI is InChI=1S/C16H20N2OS/c1-3-16(18-8-10-19-11-9-18)4-2-15(1)17-7-5-14-6-12-20-13-14/h1-4,6,12-13,17H,5,7-11H2. The van der Waals surface area contributed by atoms with Crippen LogP contribution in [0.15, 0.2) is 41.1 Å². The highest BCUT2D eigenvalue weighted by molar-refractivity contribution is 7.07. The van der Waals surface area contributed by atoms with E-state index in [0.717, 1.165) is 39.3 Å². The summed E-state index contributed by atoms with van der Waals surface area (Å²) in [5.74, 6) is 0. The Kier molecular flexibility index (Phi) is 4.56. The number of hydrogen-bond acceptors (Lipinski definition) is 4. The van der Waals surface area contributed by atoms with Crippen molar-refractivity contribution in [3.05, 3.63) is 46.7 Å². The van der Waals surface area contributed by atoms with Crippen molar-refractivity contribution in [2.45, 2.75) is 6.42 Å². The van der Waals surface area contributed by atoms with Crippen LogP contribution in [-0.2, 0) is 11.2 Å². The summed E-state index contributed by atoms with van der Waals surface area (Å²) in [6.07, 6.45) is 1.08. The molecular weight excluding hydrogens is 268 g/mol. The minimum Gasteiger partial charge on any atom is -0.385 e. The number of morpholine rings is 1. The van der Waals surface area contributed by atoms with E-state index < -0.39 is 0 Å². The number of nitrogens with zero attached hydrogens (tertiary/aromatic N) is 1. The first-order chi connectivity index (χ1) is 9.92. The molecule has 20 heavy (non-hydrogen) atoms. The molecule has 1 aliphatic rings. The molecule has 0 aliphatic carbocycles. The van der Waals surface area contributed by atoms with Gasteiger partial charge in [0, 0.05) is 31.0 Å². The lowest BCUT2D eigenvalue weighted by Crippen LogP contribution is -2.36. The van der Waals surface area contributed by atoms with Crippen molar-refractivity contribution in [3.8, 4) is 0 Å². The van der Waals surface area contributed by atoms with Gasteiger partial charge in [0.2, 0.25) is 0 Å². The van der Waals surface area contributed by atoms with Gasteiger partial charge in [0.15, 0.2) is 0 Å². The van der Waals surface area contributed by atoms with E-state index >= 15 is 0 Å². The zero-order valence-corrected chi connectivity index (χ0v) is 12.4. The molecule has 0 saturated carbocycles. The van der Waals surface area contributed by atoms with E-state index in [-0.39, 0.29) is 0 Å². The van der Waals surface area contributed by atoms with Gasteiger partial charge in [0.1, 0.15) is 0 Å². The number of nitrogens with one attached hydrogen (secondary N) is 1.